The molecule has 0 bridgehead atoms. The topological polar surface area (TPSA) is 55.1 Å². The molecule has 0 saturated heterocycles. The number of thiocarbonyl (C=S) groups is 1. The summed E-state index contributed by atoms with van der Waals surface area (Å²) in [7, 11) is 0. The van der Waals surface area contributed by atoms with Crippen molar-refractivity contribution in [3.05, 3.63) is 28.8 Å². The first-order valence-electron chi connectivity index (χ1n) is 6.34. The van der Waals surface area contributed by atoms with Gasteiger partial charge in [0.05, 0.1) is 21.1 Å². The van der Waals surface area contributed by atoms with Gasteiger partial charge in [-0.25, -0.2) is 0 Å². The number of benzene rings is 1. The van der Waals surface area contributed by atoms with E-state index >= 15 is 0 Å². The third-order valence-electron chi connectivity index (χ3n) is 3.82. The number of aryl methyl sites for hydroxylation is 1. The molecule has 0 unspecified atom stereocenters. The molecule has 1 aromatic carbocycles. The van der Waals surface area contributed by atoms with Crippen molar-refractivity contribution in [2.45, 2.75) is 32.6 Å². The standard InChI is InChI=1S/C14H17ClN2OS/c1-9-5-4-6-10(15)11(9)17-13(18)14(12(16)19)7-2-3-8-14/h4-6H,2-3,7-8H2,1H3,(H2,16,19)(H,17,18). The second kappa shape index (κ2) is 5.47. The second-order valence-electron chi connectivity index (χ2n) is 5.04. The van der Waals surface area contributed by atoms with Crippen molar-refractivity contribution in [1.82, 2.24) is 0 Å². The van der Waals surface area contributed by atoms with Gasteiger partial charge in [-0.15, -0.1) is 0 Å². The molecule has 1 saturated carbocycles. The van der Waals surface area contributed by atoms with Gasteiger partial charge in [0.25, 0.3) is 0 Å². The lowest BCUT2D eigenvalue weighted by atomic mass is 9.85. The number of hydrogen-bond donors (Lipinski definition) is 2. The predicted molar refractivity (Wildman–Crippen MR) is 82.5 cm³/mol. The normalized spacial score (nSPS) is 17.2. The average Bonchev–Trinajstić information content (AvgIpc) is 2.84. The molecular formula is C14H17ClN2OS. The summed E-state index contributed by atoms with van der Waals surface area (Å²) in [5.74, 6) is -0.131. The summed E-state index contributed by atoms with van der Waals surface area (Å²) >= 11 is 11.2. The van der Waals surface area contributed by atoms with Crippen molar-refractivity contribution in [1.29, 1.82) is 0 Å². The lowest BCUT2D eigenvalue weighted by Crippen LogP contribution is -2.44. The van der Waals surface area contributed by atoms with E-state index in [4.69, 9.17) is 29.6 Å². The highest BCUT2D eigenvalue weighted by Gasteiger charge is 2.44. The van der Waals surface area contributed by atoms with E-state index in [0.717, 1.165) is 31.2 Å². The van der Waals surface area contributed by atoms with Crippen LogP contribution < -0.4 is 11.1 Å². The lowest BCUT2D eigenvalue weighted by Gasteiger charge is -2.26. The molecule has 0 aliphatic heterocycles. The predicted octanol–water partition coefficient (Wildman–Crippen LogP) is 3.43. The third kappa shape index (κ3) is 2.60. The molecule has 19 heavy (non-hydrogen) atoms. The number of nitrogens with two attached hydrogens (primary N) is 1. The summed E-state index contributed by atoms with van der Waals surface area (Å²) in [5.41, 5.74) is 6.67. The lowest BCUT2D eigenvalue weighted by molar-refractivity contribution is -0.122. The van der Waals surface area contributed by atoms with Crippen LogP contribution in [-0.4, -0.2) is 10.9 Å². The van der Waals surface area contributed by atoms with Crippen LogP contribution >= 0.6 is 23.8 Å². The Morgan fingerprint density at radius 2 is 2.05 bits per heavy atom. The Morgan fingerprint density at radius 3 is 2.58 bits per heavy atom. The first-order chi connectivity index (χ1) is 8.97. The van der Waals surface area contributed by atoms with Crippen molar-refractivity contribution in [3.63, 3.8) is 0 Å². The summed E-state index contributed by atoms with van der Waals surface area (Å²) in [6.45, 7) is 1.91. The summed E-state index contributed by atoms with van der Waals surface area (Å²) in [5, 5.41) is 3.44. The SMILES string of the molecule is Cc1cccc(Cl)c1NC(=O)C1(C(N)=S)CCCC1. The van der Waals surface area contributed by atoms with Crippen LogP contribution in [-0.2, 0) is 4.79 Å². The number of para-hydroxylation sites is 1. The third-order valence-corrected chi connectivity index (χ3v) is 4.53. The van der Waals surface area contributed by atoms with Gasteiger partial charge < -0.3 is 11.1 Å². The number of carbonyl (C=O) groups excluding carboxylic acids is 1. The van der Waals surface area contributed by atoms with Crippen LogP contribution in [0.15, 0.2) is 18.2 Å². The van der Waals surface area contributed by atoms with E-state index in [0.29, 0.717) is 10.7 Å². The largest absolute Gasteiger partial charge is 0.392 e. The van der Waals surface area contributed by atoms with Crippen LogP contribution in [0, 0.1) is 12.3 Å². The number of halogens is 1. The van der Waals surface area contributed by atoms with Crippen LogP contribution in [0.4, 0.5) is 5.69 Å². The molecule has 0 radical (unpaired) electrons. The Hall–Kier alpha value is -1.13. The van der Waals surface area contributed by atoms with Crippen molar-refractivity contribution >= 4 is 40.4 Å². The minimum absolute atomic E-state index is 0.131. The van der Waals surface area contributed by atoms with E-state index in [2.05, 4.69) is 5.32 Å². The minimum Gasteiger partial charge on any atom is -0.392 e. The van der Waals surface area contributed by atoms with E-state index in [1.807, 2.05) is 19.1 Å². The summed E-state index contributed by atoms with van der Waals surface area (Å²) in [6, 6.07) is 5.52. The van der Waals surface area contributed by atoms with Gasteiger partial charge in [-0.1, -0.05) is 48.8 Å². The average molecular weight is 297 g/mol. The summed E-state index contributed by atoms with van der Waals surface area (Å²) < 4.78 is 0. The molecule has 5 heteroatoms. The number of anilines is 1. The molecule has 1 fully saturated rings. The van der Waals surface area contributed by atoms with Gasteiger partial charge >= 0.3 is 0 Å². The molecule has 3 nitrogen and oxygen atoms in total. The molecule has 0 heterocycles. The van der Waals surface area contributed by atoms with Crippen LogP contribution in [0.1, 0.15) is 31.2 Å². The molecule has 0 spiro atoms. The van der Waals surface area contributed by atoms with Crippen molar-refractivity contribution in [2.75, 3.05) is 5.32 Å². The Morgan fingerprint density at radius 1 is 1.42 bits per heavy atom. The van der Waals surface area contributed by atoms with Gasteiger partial charge in [-0.2, -0.15) is 0 Å². The van der Waals surface area contributed by atoms with Gasteiger partial charge in [0.15, 0.2) is 0 Å². The number of hydrogen-bond acceptors (Lipinski definition) is 2. The molecule has 2 rings (SSSR count). The van der Waals surface area contributed by atoms with E-state index < -0.39 is 5.41 Å². The van der Waals surface area contributed by atoms with Crippen LogP contribution in [0.5, 0.6) is 0 Å². The quantitative estimate of drug-likeness (QED) is 0.840. The molecule has 1 aliphatic rings. The molecule has 3 N–H and O–H groups in total. The number of nitrogens with one attached hydrogen (secondary N) is 1. The molecule has 0 atom stereocenters. The molecule has 102 valence electrons. The zero-order valence-corrected chi connectivity index (χ0v) is 12.4. The highest BCUT2D eigenvalue weighted by atomic mass is 35.5. The maximum absolute atomic E-state index is 12.5. The Balaban J connectivity index is 2.28. The molecule has 1 amide bonds. The van der Waals surface area contributed by atoms with E-state index in [1.54, 1.807) is 6.07 Å². The van der Waals surface area contributed by atoms with Gasteiger partial charge in [-0.3, -0.25) is 4.79 Å². The minimum atomic E-state index is -0.707. The van der Waals surface area contributed by atoms with Crippen LogP contribution in [0.3, 0.4) is 0 Å². The number of carbonyl (C=O) groups is 1. The second-order valence-corrected chi connectivity index (χ2v) is 5.89. The maximum Gasteiger partial charge on any atom is 0.237 e. The monoisotopic (exact) mass is 296 g/mol. The van der Waals surface area contributed by atoms with Gasteiger partial charge in [0.2, 0.25) is 5.91 Å². The Labute approximate surface area is 123 Å². The first kappa shape index (κ1) is 14.3. The number of rotatable bonds is 3. The van der Waals surface area contributed by atoms with Gasteiger partial charge in [0.1, 0.15) is 0 Å². The van der Waals surface area contributed by atoms with Gasteiger partial charge in [-0.05, 0) is 31.4 Å². The van der Waals surface area contributed by atoms with Crippen molar-refractivity contribution in [3.8, 4) is 0 Å². The van der Waals surface area contributed by atoms with Crippen molar-refractivity contribution < 1.29 is 4.79 Å². The van der Waals surface area contributed by atoms with E-state index in [9.17, 15) is 4.79 Å². The fourth-order valence-electron chi connectivity index (χ4n) is 2.59. The van der Waals surface area contributed by atoms with E-state index in [-0.39, 0.29) is 10.9 Å². The molecular weight excluding hydrogens is 280 g/mol. The Bertz CT molecular complexity index is 504. The van der Waals surface area contributed by atoms with Crippen molar-refractivity contribution in [2.24, 2.45) is 11.1 Å². The van der Waals surface area contributed by atoms with Crippen LogP contribution in [0.2, 0.25) is 5.02 Å². The smallest absolute Gasteiger partial charge is 0.237 e. The van der Waals surface area contributed by atoms with Crippen LogP contribution in [0.25, 0.3) is 0 Å². The van der Waals surface area contributed by atoms with Gasteiger partial charge in [0, 0.05) is 0 Å². The highest BCUT2D eigenvalue weighted by Crippen LogP contribution is 2.40. The first-order valence-corrected chi connectivity index (χ1v) is 7.12. The summed E-state index contributed by atoms with van der Waals surface area (Å²) in [6.07, 6.45) is 3.40. The molecule has 1 aromatic rings. The highest BCUT2D eigenvalue weighted by molar-refractivity contribution is 7.80. The molecule has 0 aromatic heterocycles. The number of amides is 1. The summed E-state index contributed by atoms with van der Waals surface area (Å²) in [4.78, 5) is 12.8. The Kier molecular flexibility index (Phi) is 4.11. The fraction of sp³-hybridized carbons (Fsp3) is 0.429. The van der Waals surface area contributed by atoms with E-state index in [1.165, 1.54) is 0 Å². The molecule has 1 aliphatic carbocycles. The maximum atomic E-state index is 12.5. The fourth-order valence-corrected chi connectivity index (χ4v) is 3.15. The zero-order valence-electron chi connectivity index (χ0n) is 10.8. The zero-order chi connectivity index (χ0) is 14.0.